The highest BCUT2D eigenvalue weighted by atomic mass is 32.2. The van der Waals surface area contributed by atoms with Gasteiger partial charge in [-0.2, -0.15) is 0 Å². The van der Waals surface area contributed by atoms with Crippen molar-refractivity contribution in [2.24, 2.45) is 5.92 Å². The number of amides is 2. The predicted molar refractivity (Wildman–Crippen MR) is 180 cm³/mol. The number of nitrogens with one attached hydrogen (secondary N) is 1. The van der Waals surface area contributed by atoms with Crippen LogP contribution in [0.4, 0.5) is 10.1 Å². The van der Waals surface area contributed by atoms with Crippen LogP contribution in [-0.4, -0.2) is 44.3 Å². The van der Waals surface area contributed by atoms with Crippen molar-refractivity contribution in [3.8, 4) is 0 Å². The Hall–Kier alpha value is -4.50. The van der Waals surface area contributed by atoms with Gasteiger partial charge in [-0.15, -0.1) is 0 Å². The monoisotopic (exact) mass is 643 g/mol. The number of halogens is 1. The van der Waals surface area contributed by atoms with Crippen LogP contribution < -0.4 is 9.62 Å². The minimum atomic E-state index is -4.20. The standard InChI is InChI=1S/C37H42FN3O4S/c1-26(2)23-39-37(43)35(22-30-9-7-6-8-10-30)40(24-31-13-15-32(38)16-14-31)36(42)25-41(33-20-28(4)19-29(5)21-33)46(44,45)34-17-11-27(3)12-18-34/h6-21,26,35H,22-25H2,1-5H3,(H,39,43)/t35-/m1/s1. The summed E-state index contributed by atoms with van der Waals surface area (Å²) in [5.74, 6) is -1.18. The van der Waals surface area contributed by atoms with Crippen LogP contribution in [0.15, 0.2) is 102 Å². The smallest absolute Gasteiger partial charge is 0.264 e. The van der Waals surface area contributed by atoms with E-state index in [4.69, 9.17) is 0 Å². The number of carbonyl (C=O) groups is 2. The molecule has 0 saturated heterocycles. The molecule has 2 amide bonds. The van der Waals surface area contributed by atoms with Crippen molar-refractivity contribution in [3.63, 3.8) is 0 Å². The second kappa shape index (κ2) is 15.2. The maximum Gasteiger partial charge on any atom is 0.264 e. The first-order valence-corrected chi connectivity index (χ1v) is 16.8. The van der Waals surface area contributed by atoms with E-state index in [0.29, 0.717) is 17.8 Å². The summed E-state index contributed by atoms with van der Waals surface area (Å²) in [6.07, 6.45) is 0.200. The average Bonchev–Trinajstić information content (AvgIpc) is 3.01. The van der Waals surface area contributed by atoms with Gasteiger partial charge in [0.15, 0.2) is 0 Å². The van der Waals surface area contributed by atoms with Gasteiger partial charge < -0.3 is 10.2 Å². The van der Waals surface area contributed by atoms with E-state index in [1.54, 1.807) is 36.4 Å². The van der Waals surface area contributed by atoms with E-state index in [1.165, 1.54) is 29.2 Å². The highest BCUT2D eigenvalue weighted by molar-refractivity contribution is 7.92. The molecule has 4 aromatic rings. The van der Waals surface area contributed by atoms with Crippen molar-refractivity contribution in [1.82, 2.24) is 10.2 Å². The summed E-state index contributed by atoms with van der Waals surface area (Å²) in [7, 11) is -4.20. The molecule has 0 aliphatic rings. The fourth-order valence-corrected chi connectivity index (χ4v) is 6.62. The number of benzene rings is 4. The van der Waals surface area contributed by atoms with Crippen molar-refractivity contribution in [1.29, 1.82) is 0 Å². The Bertz CT molecular complexity index is 1720. The molecule has 0 aromatic heterocycles. The maximum atomic E-state index is 14.5. The summed E-state index contributed by atoms with van der Waals surface area (Å²) >= 11 is 0. The van der Waals surface area contributed by atoms with Crippen LogP contribution in [0.25, 0.3) is 0 Å². The van der Waals surface area contributed by atoms with E-state index in [0.717, 1.165) is 26.6 Å². The number of carbonyl (C=O) groups excluding carboxylic acids is 2. The Morgan fingerprint density at radius 1 is 0.783 bits per heavy atom. The normalized spacial score (nSPS) is 12.1. The largest absolute Gasteiger partial charge is 0.354 e. The molecule has 1 N–H and O–H groups in total. The first-order valence-electron chi connectivity index (χ1n) is 15.4. The molecule has 0 aliphatic carbocycles. The number of hydrogen-bond donors (Lipinski definition) is 1. The first kappa shape index (κ1) is 34.4. The van der Waals surface area contributed by atoms with Gasteiger partial charge >= 0.3 is 0 Å². The van der Waals surface area contributed by atoms with Crippen LogP contribution >= 0.6 is 0 Å². The third-order valence-corrected chi connectivity index (χ3v) is 9.39. The van der Waals surface area contributed by atoms with E-state index < -0.39 is 34.3 Å². The molecule has 0 saturated carbocycles. The van der Waals surface area contributed by atoms with Gasteiger partial charge in [-0.1, -0.05) is 80.1 Å². The number of nitrogens with zero attached hydrogens (tertiary/aromatic N) is 2. The molecule has 0 spiro atoms. The molecule has 0 fully saturated rings. The zero-order chi connectivity index (χ0) is 33.4. The Kier molecular flexibility index (Phi) is 11.4. The fraction of sp³-hybridized carbons (Fsp3) is 0.297. The van der Waals surface area contributed by atoms with Crippen molar-refractivity contribution in [2.45, 2.75) is 58.5 Å². The predicted octanol–water partition coefficient (Wildman–Crippen LogP) is 6.36. The minimum Gasteiger partial charge on any atom is -0.354 e. The third kappa shape index (κ3) is 9.03. The molecule has 4 aromatic carbocycles. The third-order valence-electron chi connectivity index (χ3n) is 7.60. The highest BCUT2D eigenvalue weighted by Crippen LogP contribution is 2.27. The Morgan fingerprint density at radius 3 is 1.98 bits per heavy atom. The number of rotatable bonds is 13. The van der Waals surface area contributed by atoms with Gasteiger partial charge in [-0.25, -0.2) is 12.8 Å². The lowest BCUT2D eigenvalue weighted by molar-refractivity contribution is -0.140. The van der Waals surface area contributed by atoms with Crippen LogP contribution in [-0.2, 0) is 32.6 Å². The Balaban J connectivity index is 1.82. The van der Waals surface area contributed by atoms with E-state index in [-0.39, 0.29) is 29.7 Å². The van der Waals surface area contributed by atoms with Gasteiger partial charge in [0.2, 0.25) is 11.8 Å². The molecular formula is C37H42FN3O4S. The average molecular weight is 644 g/mol. The minimum absolute atomic E-state index is 0.0308. The van der Waals surface area contributed by atoms with Crippen LogP contribution in [0, 0.1) is 32.5 Å². The molecule has 4 rings (SSSR count). The van der Waals surface area contributed by atoms with Gasteiger partial charge in [0.25, 0.3) is 10.0 Å². The zero-order valence-corrected chi connectivity index (χ0v) is 27.9. The molecule has 1 atom stereocenters. The lowest BCUT2D eigenvalue weighted by atomic mass is 10.0. The molecule has 7 nitrogen and oxygen atoms in total. The van der Waals surface area contributed by atoms with E-state index >= 15 is 0 Å². The Morgan fingerprint density at radius 2 is 1.39 bits per heavy atom. The zero-order valence-electron chi connectivity index (χ0n) is 27.0. The van der Waals surface area contributed by atoms with Crippen molar-refractivity contribution in [2.75, 3.05) is 17.4 Å². The number of sulfonamides is 1. The summed E-state index contributed by atoms with van der Waals surface area (Å²) in [5.41, 5.74) is 4.35. The van der Waals surface area contributed by atoms with Crippen LogP contribution in [0.2, 0.25) is 0 Å². The summed E-state index contributed by atoms with van der Waals surface area (Å²) in [5, 5.41) is 2.97. The number of anilines is 1. The van der Waals surface area contributed by atoms with E-state index in [1.807, 2.05) is 71.0 Å². The second-order valence-corrected chi connectivity index (χ2v) is 14.0. The van der Waals surface area contributed by atoms with Crippen molar-refractivity contribution >= 4 is 27.5 Å². The van der Waals surface area contributed by atoms with Gasteiger partial charge in [-0.3, -0.25) is 13.9 Å². The second-order valence-electron chi connectivity index (χ2n) is 12.2. The van der Waals surface area contributed by atoms with Gasteiger partial charge in [-0.05, 0) is 85.3 Å². The summed E-state index contributed by atoms with van der Waals surface area (Å²) in [4.78, 5) is 29.8. The number of hydrogen-bond acceptors (Lipinski definition) is 4. The molecule has 0 radical (unpaired) electrons. The fourth-order valence-electron chi connectivity index (χ4n) is 5.22. The first-order chi connectivity index (χ1) is 21.8. The molecule has 242 valence electrons. The topological polar surface area (TPSA) is 86.8 Å². The molecule has 0 heterocycles. The van der Waals surface area contributed by atoms with E-state index in [9.17, 15) is 22.4 Å². The van der Waals surface area contributed by atoms with Crippen LogP contribution in [0.3, 0.4) is 0 Å². The van der Waals surface area contributed by atoms with Gasteiger partial charge in [0.1, 0.15) is 18.4 Å². The van der Waals surface area contributed by atoms with Gasteiger partial charge in [0.05, 0.1) is 10.6 Å². The number of aryl methyl sites for hydroxylation is 3. The molecule has 0 unspecified atom stereocenters. The van der Waals surface area contributed by atoms with Crippen LogP contribution in [0.1, 0.15) is 41.7 Å². The Labute approximate surface area is 272 Å². The molecule has 9 heteroatoms. The summed E-state index contributed by atoms with van der Waals surface area (Å²) < 4.78 is 43.4. The molecular weight excluding hydrogens is 601 g/mol. The molecule has 0 bridgehead atoms. The SMILES string of the molecule is Cc1ccc(S(=O)(=O)N(CC(=O)N(Cc2ccc(F)cc2)[C@H](Cc2ccccc2)C(=O)NCC(C)C)c2cc(C)cc(C)c2)cc1. The highest BCUT2D eigenvalue weighted by Gasteiger charge is 2.34. The summed E-state index contributed by atoms with van der Waals surface area (Å²) in [6.45, 7) is 9.37. The maximum absolute atomic E-state index is 14.5. The molecule has 46 heavy (non-hydrogen) atoms. The quantitative estimate of drug-likeness (QED) is 0.184. The van der Waals surface area contributed by atoms with Gasteiger partial charge in [0, 0.05) is 19.5 Å². The lowest BCUT2D eigenvalue weighted by Gasteiger charge is -2.34. The molecule has 0 aliphatic heterocycles. The van der Waals surface area contributed by atoms with Crippen molar-refractivity contribution < 1.29 is 22.4 Å². The van der Waals surface area contributed by atoms with Crippen LogP contribution in [0.5, 0.6) is 0 Å². The lowest BCUT2D eigenvalue weighted by Crippen LogP contribution is -2.53. The van der Waals surface area contributed by atoms with E-state index in [2.05, 4.69) is 5.32 Å². The summed E-state index contributed by atoms with van der Waals surface area (Å²) in [6, 6.07) is 26.0. The van der Waals surface area contributed by atoms with Crippen molar-refractivity contribution in [3.05, 3.63) is 131 Å².